The zero-order valence-electron chi connectivity index (χ0n) is 12.0. The number of methoxy groups -OCH3 is 1. The molecular weight excluding hydrogens is 268 g/mol. The molecule has 2 heterocycles. The summed E-state index contributed by atoms with van der Waals surface area (Å²) in [6.07, 6.45) is 0. The fourth-order valence-corrected chi connectivity index (χ4v) is 2.55. The molecule has 110 valence electrons. The van der Waals surface area contributed by atoms with Crippen LogP contribution < -0.4 is 10.2 Å². The van der Waals surface area contributed by atoms with Crippen molar-refractivity contribution in [2.75, 3.05) is 25.1 Å². The van der Waals surface area contributed by atoms with Crippen LogP contribution in [0.2, 0.25) is 0 Å². The van der Waals surface area contributed by atoms with E-state index >= 15 is 0 Å². The van der Waals surface area contributed by atoms with Crippen molar-refractivity contribution in [2.45, 2.75) is 13.1 Å². The Morgan fingerprint density at radius 1 is 1.33 bits per heavy atom. The zero-order chi connectivity index (χ0) is 14.7. The lowest BCUT2D eigenvalue weighted by Gasteiger charge is -2.23. The number of hydrogen-bond donors (Lipinski definition) is 1. The molecule has 1 aliphatic rings. The van der Waals surface area contributed by atoms with Gasteiger partial charge in [0.25, 0.3) is 0 Å². The Hall–Kier alpha value is -2.27. The van der Waals surface area contributed by atoms with E-state index in [0.29, 0.717) is 6.54 Å². The molecule has 0 atom stereocenters. The number of nitrogens with one attached hydrogen (secondary N) is 1. The number of hydrogen-bond acceptors (Lipinski definition) is 5. The fraction of sp³-hybridized carbons (Fsp3) is 0.312. The van der Waals surface area contributed by atoms with Crippen LogP contribution in [0.4, 0.5) is 5.69 Å². The van der Waals surface area contributed by atoms with E-state index in [2.05, 4.69) is 27.1 Å². The SMILES string of the molecule is COC(=O)c1ccc(CN2CCNCc3ccccc32)o1. The summed E-state index contributed by atoms with van der Waals surface area (Å²) in [5.74, 6) is 0.556. The number of fused-ring (bicyclic) bond motifs is 1. The van der Waals surface area contributed by atoms with Gasteiger partial charge in [0.15, 0.2) is 0 Å². The van der Waals surface area contributed by atoms with Crippen LogP contribution in [0.3, 0.4) is 0 Å². The molecule has 1 aromatic carbocycles. The largest absolute Gasteiger partial charge is 0.463 e. The van der Waals surface area contributed by atoms with Crippen LogP contribution in [0.15, 0.2) is 40.8 Å². The van der Waals surface area contributed by atoms with E-state index in [1.807, 2.05) is 18.2 Å². The summed E-state index contributed by atoms with van der Waals surface area (Å²) in [6.45, 7) is 3.32. The number of rotatable bonds is 3. The van der Waals surface area contributed by atoms with E-state index in [0.717, 1.165) is 25.4 Å². The number of carbonyl (C=O) groups is 1. The summed E-state index contributed by atoms with van der Waals surface area (Å²) in [6, 6.07) is 11.8. The minimum Gasteiger partial charge on any atom is -0.463 e. The van der Waals surface area contributed by atoms with Crippen LogP contribution in [0, 0.1) is 0 Å². The van der Waals surface area contributed by atoms with E-state index in [-0.39, 0.29) is 5.76 Å². The van der Waals surface area contributed by atoms with Crippen LogP contribution >= 0.6 is 0 Å². The molecule has 0 bridgehead atoms. The number of para-hydroxylation sites is 1. The number of carbonyl (C=O) groups excluding carboxylic acids is 1. The second-order valence-electron chi connectivity index (χ2n) is 4.98. The molecular formula is C16H18N2O3. The molecule has 1 aromatic heterocycles. The first-order chi connectivity index (χ1) is 10.3. The van der Waals surface area contributed by atoms with Crippen LogP contribution in [-0.2, 0) is 17.8 Å². The summed E-state index contributed by atoms with van der Waals surface area (Å²) >= 11 is 0. The third-order valence-corrected chi connectivity index (χ3v) is 3.60. The van der Waals surface area contributed by atoms with Gasteiger partial charge in [-0.3, -0.25) is 0 Å². The summed E-state index contributed by atoms with van der Waals surface area (Å²) in [5, 5.41) is 3.41. The summed E-state index contributed by atoms with van der Waals surface area (Å²) < 4.78 is 10.2. The van der Waals surface area contributed by atoms with Gasteiger partial charge in [0.05, 0.1) is 13.7 Å². The standard InChI is InChI=1S/C16H18N2O3/c1-20-16(19)15-7-6-13(21-15)11-18-9-8-17-10-12-4-2-3-5-14(12)18/h2-7,17H,8-11H2,1H3. The Kier molecular flexibility index (Phi) is 3.92. The monoisotopic (exact) mass is 286 g/mol. The second kappa shape index (κ2) is 6.01. The maximum Gasteiger partial charge on any atom is 0.373 e. The Balaban J connectivity index is 1.81. The first-order valence-corrected chi connectivity index (χ1v) is 6.98. The lowest BCUT2D eigenvalue weighted by atomic mass is 10.1. The quantitative estimate of drug-likeness (QED) is 0.876. The summed E-state index contributed by atoms with van der Waals surface area (Å²) in [4.78, 5) is 13.7. The molecule has 1 aliphatic heterocycles. The summed E-state index contributed by atoms with van der Waals surface area (Å²) in [5.41, 5.74) is 2.48. The third-order valence-electron chi connectivity index (χ3n) is 3.60. The highest BCUT2D eigenvalue weighted by molar-refractivity contribution is 5.86. The van der Waals surface area contributed by atoms with Crippen LogP contribution in [-0.4, -0.2) is 26.2 Å². The highest BCUT2D eigenvalue weighted by Gasteiger charge is 2.17. The average Bonchev–Trinajstić information content (AvgIpc) is 2.89. The number of ether oxygens (including phenoxy) is 1. The number of anilines is 1. The Morgan fingerprint density at radius 3 is 3.05 bits per heavy atom. The van der Waals surface area contributed by atoms with Gasteiger partial charge >= 0.3 is 5.97 Å². The molecule has 0 amide bonds. The fourth-order valence-electron chi connectivity index (χ4n) is 2.55. The second-order valence-corrected chi connectivity index (χ2v) is 4.98. The molecule has 1 N–H and O–H groups in total. The van der Waals surface area contributed by atoms with Gasteiger partial charge in [-0.15, -0.1) is 0 Å². The number of furan rings is 1. The molecule has 0 saturated carbocycles. The maximum absolute atomic E-state index is 11.4. The molecule has 0 unspecified atom stereocenters. The lowest BCUT2D eigenvalue weighted by molar-refractivity contribution is 0.0563. The van der Waals surface area contributed by atoms with Crippen LogP contribution in [0.25, 0.3) is 0 Å². The van der Waals surface area contributed by atoms with Crippen molar-refractivity contribution in [3.05, 3.63) is 53.5 Å². The third kappa shape index (κ3) is 2.92. The van der Waals surface area contributed by atoms with Crippen molar-refractivity contribution in [2.24, 2.45) is 0 Å². The van der Waals surface area contributed by atoms with Crippen LogP contribution in [0.1, 0.15) is 21.9 Å². The zero-order valence-corrected chi connectivity index (χ0v) is 12.0. The van der Waals surface area contributed by atoms with Crippen LogP contribution in [0.5, 0.6) is 0 Å². The van der Waals surface area contributed by atoms with Crippen molar-refractivity contribution in [3.63, 3.8) is 0 Å². The molecule has 0 radical (unpaired) electrons. The summed E-state index contributed by atoms with van der Waals surface area (Å²) in [7, 11) is 1.35. The van der Waals surface area contributed by atoms with Gasteiger partial charge < -0.3 is 19.4 Å². The molecule has 21 heavy (non-hydrogen) atoms. The van der Waals surface area contributed by atoms with Gasteiger partial charge in [0, 0.05) is 25.3 Å². The van der Waals surface area contributed by atoms with Gasteiger partial charge in [-0.25, -0.2) is 4.79 Å². The highest BCUT2D eigenvalue weighted by Crippen LogP contribution is 2.24. The van der Waals surface area contributed by atoms with Crippen molar-refractivity contribution in [1.29, 1.82) is 0 Å². The predicted octanol–water partition coefficient (Wildman–Crippen LogP) is 2.18. The van der Waals surface area contributed by atoms with E-state index in [4.69, 9.17) is 4.42 Å². The average molecular weight is 286 g/mol. The maximum atomic E-state index is 11.4. The molecule has 5 heteroatoms. The minimum absolute atomic E-state index is 0.244. The number of nitrogens with zero attached hydrogens (tertiary/aromatic N) is 1. The topological polar surface area (TPSA) is 54.7 Å². The minimum atomic E-state index is -0.445. The van der Waals surface area contributed by atoms with E-state index in [1.165, 1.54) is 18.4 Å². The van der Waals surface area contributed by atoms with Gasteiger partial charge in [0.1, 0.15) is 5.76 Å². The molecule has 3 rings (SSSR count). The van der Waals surface area contributed by atoms with Crippen molar-refractivity contribution >= 4 is 11.7 Å². The lowest BCUT2D eigenvalue weighted by Crippen LogP contribution is -2.28. The Labute approximate surface area is 123 Å². The van der Waals surface area contributed by atoms with Crippen molar-refractivity contribution in [1.82, 2.24) is 5.32 Å². The number of esters is 1. The number of benzene rings is 1. The molecule has 2 aromatic rings. The van der Waals surface area contributed by atoms with E-state index in [1.54, 1.807) is 6.07 Å². The van der Waals surface area contributed by atoms with Crippen molar-refractivity contribution < 1.29 is 13.9 Å². The van der Waals surface area contributed by atoms with Gasteiger partial charge in [-0.2, -0.15) is 0 Å². The molecule has 0 fully saturated rings. The smallest absolute Gasteiger partial charge is 0.373 e. The predicted molar refractivity (Wildman–Crippen MR) is 79.2 cm³/mol. The van der Waals surface area contributed by atoms with Gasteiger partial charge in [-0.05, 0) is 23.8 Å². The first kappa shape index (κ1) is 13.7. The van der Waals surface area contributed by atoms with E-state index < -0.39 is 5.97 Å². The molecule has 5 nitrogen and oxygen atoms in total. The highest BCUT2D eigenvalue weighted by atomic mass is 16.5. The van der Waals surface area contributed by atoms with Gasteiger partial charge in [-0.1, -0.05) is 18.2 Å². The normalized spacial score (nSPS) is 14.4. The first-order valence-electron chi connectivity index (χ1n) is 6.98. The molecule has 0 saturated heterocycles. The Morgan fingerprint density at radius 2 is 2.19 bits per heavy atom. The Bertz CT molecular complexity index is 636. The molecule has 0 spiro atoms. The van der Waals surface area contributed by atoms with Gasteiger partial charge in [0.2, 0.25) is 5.76 Å². The molecule has 0 aliphatic carbocycles. The van der Waals surface area contributed by atoms with E-state index in [9.17, 15) is 4.79 Å². The van der Waals surface area contributed by atoms with Crippen molar-refractivity contribution in [3.8, 4) is 0 Å².